The summed E-state index contributed by atoms with van der Waals surface area (Å²) in [4.78, 5) is 11.8. The number of likely N-dealkylation sites (N-methyl/N-ethyl adjacent to an activating group) is 1. The SMILES string of the molecule is CCNC(=NCCN1CCN(CC)CC1)NC1CCN(c2ccccc2OC(F)F)C1.I. The molecule has 2 aliphatic heterocycles. The van der Waals surface area contributed by atoms with Gasteiger partial charge in [0.15, 0.2) is 5.96 Å². The molecule has 2 heterocycles. The number of alkyl halides is 2. The first kappa shape index (κ1) is 26.8. The number of halogens is 3. The molecular formula is C22H37F2IN6O. The van der Waals surface area contributed by atoms with Crippen LogP contribution in [-0.4, -0.2) is 93.9 Å². The van der Waals surface area contributed by atoms with Crippen molar-refractivity contribution in [1.29, 1.82) is 0 Å². The van der Waals surface area contributed by atoms with Crippen molar-refractivity contribution in [1.82, 2.24) is 20.4 Å². The Hall–Kier alpha value is -1.40. The summed E-state index contributed by atoms with van der Waals surface area (Å²) in [6.45, 7) is 11.0. The van der Waals surface area contributed by atoms with Gasteiger partial charge in [0, 0.05) is 58.4 Å². The molecule has 3 rings (SSSR count). The second-order valence-electron chi connectivity index (χ2n) is 7.96. The first-order valence-corrected chi connectivity index (χ1v) is 11.4. The number of aliphatic imine (C=N–C) groups is 1. The van der Waals surface area contributed by atoms with Crippen LogP contribution in [0.4, 0.5) is 14.5 Å². The van der Waals surface area contributed by atoms with Crippen LogP contribution in [0.25, 0.3) is 0 Å². The van der Waals surface area contributed by atoms with E-state index in [2.05, 4.69) is 39.2 Å². The highest BCUT2D eigenvalue weighted by molar-refractivity contribution is 14.0. The van der Waals surface area contributed by atoms with Crippen LogP contribution in [0.5, 0.6) is 5.75 Å². The zero-order valence-corrected chi connectivity index (χ0v) is 21.4. The fourth-order valence-electron chi connectivity index (χ4n) is 4.16. The van der Waals surface area contributed by atoms with Crippen molar-refractivity contribution in [2.45, 2.75) is 32.9 Å². The van der Waals surface area contributed by atoms with Crippen LogP contribution in [0.2, 0.25) is 0 Å². The lowest BCUT2D eigenvalue weighted by Gasteiger charge is -2.33. The maximum Gasteiger partial charge on any atom is 0.387 e. The van der Waals surface area contributed by atoms with Crippen molar-refractivity contribution in [3.63, 3.8) is 0 Å². The van der Waals surface area contributed by atoms with Gasteiger partial charge in [0.25, 0.3) is 0 Å². The molecule has 0 bridgehead atoms. The quantitative estimate of drug-likeness (QED) is 0.273. The zero-order chi connectivity index (χ0) is 22.1. The molecule has 0 aliphatic carbocycles. The van der Waals surface area contributed by atoms with E-state index in [4.69, 9.17) is 9.73 Å². The fraction of sp³-hybridized carbons (Fsp3) is 0.682. The van der Waals surface area contributed by atoms with Crippen molar-refractivity contribution in [3.05, 3.63) is 24.3 Å². The van der Waals surface area contributed by atoms with Gasteiger partial charge in [-0.2, -0.15) is 8.78 Å². The smallest absolute Gasteiger partial charge is 0.387 e. The van der Waals surface area contributed by atoms with Gasteiger partial charge in [0.05, 0.1) is 12.2 Å². The van der Waals surface area contributed by atoms with E-state index in [1.165, 1.54) is 0 Å². The first-order valence-electron chi connectivity index (χ1n) is 11.4. The second-order valence-corrected chi connectivity index (χ2v) is 7.96. The van der Waals surface area contributed by atoms with Crippen molar-refractivity contribution in [2.24, 2.45) is 4.99 Å². The largest absolute Gasteiger partial charge is 0.433 e. The number of nitrogens with zero attached hydrogens (tertiary/aromatic N) is 4. The van der Waals surface area contributed by atoms with Gasteiger partial charge >= 0.3 is 6.61 Å². The van der Waals surface area contributed by atoms with Gasteiger partial charge < -0.3 is 25.2 Å². The highest BCUT2D eigenvalue weighted by atomic mass is 127. The number of anilines is 1. The summed E-state index contributed by atoms with van der Waals surface area (Å²) in [5.74, 6) is 1.04. The van der Waals surface area contributed by atoms with Crippen molar-refractivity contribution >= 4 is 35.6 Å². The van der Waals surface area contributed by atoms with Gasteiger partial charge in [-0.1, -0.05) is 19.1 Å². The molecule has 7 nitrogen and oxygen atoms in total. The minimum Gasteiger partial charge on any atom is -0.433 e. The van der Waals surface area contributed by atoms with Crippen LogP contribution in [0.15, 0.2) is 29.3 Å². The lowest BCUT2D eigenvalue weighted by atomic mass is 10.2. The van der Waals surface area contributed by atoms with Crippen molar-refractivity contribution < 1.29 is 13.5 Å². The van der Waals surface area contributed by atoms with Gasteiger partial charge in [-0.05, 0) is 32.0 Å². The van der Waals surface area contributed by atoms with Crippen molar-refractivity contribution in [2.75, 3.05) is 70.3 Å². The summed E-state index contributed by atoms with van der Waals surface area (Å²) < 4.78 is 30.2. The minimum absolute atomic E-state index is 0. The zero-order valence-electron chi connectivity index (χ0n) is 19.1. The van der Waals surface area contributed by atoms with Crippen molar-refractivity contribution in [3.8, 4) is 5.75 Å². The molecule has 0 amide bonds. The summed E-state index contributed by atoms with van der Waals surface area (Å²) in [6.07, 6.45) is 0.909. The molecule has 1 aromatic rings. The monoisotopic (exact) mass is 566 g/mol. The highest BCUT2D eigenvalue weighted by Crippen LogP contribution is 2.31. The average molecular weight is 566 g/mol. The Balaban J connectivity index is 0.00000363. The molecule has 1 aromatic carbocycles. The molecule has 1 atom stereocenters. The van der Waals surface area contributed by atoms with Crippen LogP contribution < -0.4 is 20.3 Å². The third-order valence-corrected chi connectivity index (χ3v) is 5.89. The molecule has 182 valence electrons. The Labute approximate surface area is 207 Å². The first-order chi connectivity index (χ1) is 15.1. The van der Waals surface area contributed by atoms with Crippen LogP contribution in [0.1, 0.15) is 20.3 Å². The fourth-order valence-corrected chi connectivity index (χ4v) is 4.16. The predicted octanol–water partition coefficient (Wildman–Crippen LogP) is 2.68. The van der Waals surface area contributed by atoms with Crippen LogP contribution in [0.3, 0.4) is 0 Å². The van der Waals surface area contributed by atoms with Crippen LogP contribution in [0, 0.1) is 0 Å². The number of hydrogen-bond donors (Lipinski definition) is 2. The molecule has 0 saturated carbocycles. The average Bonchev–Trinajstić information content (AvgIpc) is 3.22. The molecule has 2 fully saturated rings. The Morgan fingerprint density at radius 2 is 1.84 bits per heavy atom. The van der Waals surface area contributed by atoms with E-state index in [1.807, 2.05) is 12.1 Å². The van der Waals surface area contributed by atoms with Gasteiger partial charge in [0.1, 0.15) is 5.75 Å². The van der Waals surface area contributed by atoms with Crippen LogP contribution >= 0.6 is 24.0 Å². The number of nitrogens with one attached hydrogen (secondary N) is 2. The summed E-state index contributed by atoms with van der Waals surface area (Å²) in [5.41, 5.74) is 0.709. The summed E-state index contributed by atoms with van der Waals surface area (Å²) in [6, 6.07) is 7.18. The Kier molecular flexibility index (Phi) is 11.7. The predicted molar refractivity (Wildman–Crippen MR) is 137 cm³/mol. The molecule has 10 heteroatoms. The van der Waals surface area contributed by atoms with Gasteiger partial charge in [-0.25, -0.2) is 0 Å². The summed E-state index contributed by atoms with van der Waals surface area (Å²) >= 11 is 0. The number of guanidine groups is 1. The maximum absolute atomic E-state index is 12.7. The topological polar surface area (TPSA) is 55.4 Å². The standard InChI is InChI=1S/C22H36F2N6O.HI/c1-3-25-22(26-10-12-29-15-13-28(4-2)14-16-29)27-18-9-11-30(17-18)19-7-5-6-8-20(19)31-21(23)24;/h5-8,18,21H,3-4,9-17H2,1-2H3,(H2,25,26,27);1H. The Bertz CT molecular complexity index is 703. The maximum atomic E-state index is 12.7. The Morgan fingerprint density at radius 1 is 1.12 bits per heavy atom. The molecule has 32 heavy (non-hydrogen) atoms. The summed E-state index contributed by atoms with van der Waals surface area (Å²) in [5, 5.41) is 6.84. The number of benzene rings is 1. The second kappa shape index (κ2) is 14.0. The number of para-hydroxylation sites is 2. The molecule has 0 radical (unpaired) electrons. The van der Waals surface area contributed by atoms with Crippen LogP contribution in [-0.2, 0) is 0 Å². The third kappa shape index (κ3) is 8.18. The molecule has 0 aromatic heterocycles. The minimum atomic E-state index is -2.82. The molecule has 2 N–H and O–H groups in total. The molecule has 0 spiro atoms. The van der Waals surface area contributed by atoms with E-state index in [-0.39, 0.29) is 35.8 Å². The number of ether oxygens (including phenoxy) is 1. The lowest BCUT2D eigenvalue weighted by molar-refractivity contribution is -0.0495. The summed E-state index contributed by atoms with van der Waals surface area (Å²) in [7, 11) is 0. The number of piperazine rings is 1. The molecule has 1 unspecified atom stereocenters. The normalized spacial score (nSPS) is 20.3. The van der Waals surface area contributed by atoms with Gasteiger partial charge in [-0.15, -0.1) is 24.0 Å². The highest BCUT2D eigenvalue weighted by Gasteiger charge is 2.26. The third-order valence-electron chi connectivity index (χ3n) is 5.89. The molecular weight excluding hydrogens is 529 g/mol. The van der Waals surface area contributed by atoms with E-state index >= 15 is 0 Å². The van der Waals surface area contributed by atoms with Gasteiger partial charge in [0.2, 0.25) is 0 Å². The van der Waals surface area contributed by atoms with E-state index in [9.17, 15) is 8.78 Å². The molecule has 2 aliphatic rings. The number of hydrogen-bond acceptors (Lipinski definition) is 5. The van der Waals surface area contributed by atoms with E-state index < -0.39 is 6.61 Å². The van der Waals surface area contributed by atoms with E-state index in [0.29, 0.717) is 12.2 Å². The Morgan fingerprint density at radius 3 is 2.53 bits per heavy atom. The van der Waals surface area contributed by atoms with E-state index in [1.54, 1.807) is 12.1 Å². The van der Waals surface area contributed by atoms with E-state index in [0.717, 1.165) is 71.3 Å². The molecule has 2 saturated heterocycles. The van der Waals surface area contributed by atoms with Gasteiger partial charge in [-0.3, -0.25) is 9.89 Å². The number of rotatable bonds is 9. The lowest BCUT2D eigenvalue weighted by Crippen LogP contribution is -2.47.